The van der Waals surface area contributed by atoms with Gasteiger partial charge in [0.15, 0.2) is 4.80 Å². The number of carbonyl (C=O) groups excluding carboxylic acids is 1. The van der Waals surface area contributed by atoms with Crippen molar-refractivity contribution in [1.82, 2.24) is 4.57 Å². The highest BCUT2D eigenvalue weighted by Gasteiger charge is 2.35. The molecule has 6 rings (SSSR count). The second-order valence-electron chi connectivity index (χ2n) is 11.3. The summed E-state index contributed by atoms with van der Waals surface area (Å²) in [5.41, 5.74) is 5.19. The van der Waals surface area contributed by atoms with Gasteiger partial charge in [-0.25, -0.2) is 9.79 Å². The molecule has 0 saturated carbocycles. The molecule has 0 spiro atoms. The molecule has 0 bridgehead atoms. The highest BCUT2D eigenvalue weighted by atomic mass is 79.9. The number of hydrogen-bond acceptors (Lipinski definition) is 6. The van der Waals surface area contributed by atoms with Gasteiger partial charge in [0.1, 0.15) is 12.4 Å². The maximum Gasteiger partial charge on any atom is 0.338 e. The van der Waals surface area contributed by atoms with Crippen molar-refractivity contribution in [2.75, 3.05) is 6.61 Å². The first-order chi connectivity index (χ1) is 22.7. The van der Waals surface area contributed by atoms with Crippen LogP contribution in [0, 0.1) is 0 Å². The number of hydrogen-bond donors (Lipinski definition) is 0. The van der Waals surface area contributed by atoms with E-state index in [4.69, 9.17) is 14.5 Å². The van der Waals surface area contributed by atoms with E-state index in [-0.39, 0.29) is 12.2 Å². The van der Waals surface area contributed by atoms with E-state index in [9.17, 15) is 9.59 Å². The van der Waals surface area contributed by atoms with E-state index in [1.165, 1.54) is 16.9 Å². The summed E-state index contributed by atoms with van der Waals surface area (Å²) in [7, 11) is 0. The smallest absolute Gasteiger partial charge is 0.338 e. The topological polar surface area (TPSA) is 69.9 Å². The minimum absolute atomic E-state index is 0.197. The van der Waals surface area contributed by atoms with E-state index in [0.717, 1.165) is 31.2 Å². The van der Waals surface area contributed by atoms with Crippen LogP contribution >= 0.6 is 43.2 Å². The lowest BCUT2D eigenvalue weighted by molar-refractivity contribution is -0.138. The molecule has 0 unspecified atom stereocenters. The number of thiazole rings is 1. The minimum Gasteiger partial charge on any atom is -0.487 e. The van der Waals surface area contributed by atoms with E-state index in [0.29, 0.717) is 38.9 Å². The van der Waals surface area contributed by atoms with Crippen LogP contribution in [0.4, 0.5) is 0 Å². The van der Waals surface area contributed by atoms with Gasteiger partial charge in [0.25, 0.3) is 5.56 Å². The molecule has 238 valence electrons. The Labute approximate surface area is 294 Å². The Morgan fingerprint density at radius 2 is 1.60 bits per heavy atom. The fraction of sp³-hybridized carbons (Fsp3) is 0.184. The van der Waals surface area contributed by atoms with Gasteiger partial charge in [0, 0.05) is 5.56 Å². The summed E-state index contributed by atoms with van der Waals surface area (Å²) >= 11 is 8.61. The van der Waals surface area contributed by atoms with Gasteiger partial charge in [-0.05, 0) is 85.2 Å². The SMILES string of the molecule is CCOC(=O)C1=C(c2ccccc2)N=c2s/c(=C\c3cc(Br)c(OCc4ccccc4)c(Br)c3)c(=O)n2[C@@H]1c1ccc(C(C)C)cc1. The molecular weight excluding hydrogens is 740 g/mol. The highest BCUT2D eigenvalue weighted by molar-refractivity contribution is 9.11. The zero-order valence-corrected chi connectivity index (χ0v) is 30.1. The van der Waals surface area contributed by atoms with E-state index >= 15 is 0 Å². The van der Waals surface area contributed by atoms with Gasteiger partial charge >= 0.3 is 5.97 Å². The standard InChI is InChI=1S/C38H32Br2N2O4S/c1-4-45-37(44)32-33(27-13-9-6-10-14-27)41-38-42(34(32)28-17-15-26(16-18-28)23(2)3)36(43)31(47-38)21-25-19-29(39)35(30(40)20-25)46-22-24-11-7-5-8-12-24/h5-21,23,34H,4,22H2,1-3H3/b31-21-/t34-/m1/s1. The summed E-state index contributed by atoms with van der Waals surface area (Å²) in [5.74, 6) is 0.505. The Hall–Kier alpha value is -4.05. The molecule has 0 aliphatic carbocycles. The van der Waals surface area contributed by atoms with Crippen molar-refractivity contribution in [1.29, 1.82) is 0 Å². The molecule has 47 heavy (non-hydrogen) atoms. The van der Waals surface area contributed by atoms with E-state index in [2.05, 4.69) is 57.8 Å². The van der Waals surface area contributed by atoms with Crippen LogP contribution in [0.2, 0.25) is 0 Å². The van der Waals surface area contributed by atoms with Crippen molar-refractivity contribution in [2.45, 2.75) is 39.3 Å². The average molecular weight is 773 g/mol. The number of esters is 1. The lowest BCUT2D eigenvalue weighted by atomic mass is 9.91. The molecule has 0 amide bonds. The molecule has 0 fully saturated rings. The molecule has 5 aromatic rings. The third-order valence-corrected chi connectivity index (χ3v) is 10.00. The lowest BCUT2D eigenvalue weighted by Gasteiger charge is -2.26. The molecule has 2 heterocycles. The summed E-state index contributed by atoms with van der Waals surface area (Å²) in [4.78, 5) is 33.5. The maximum absolute atomic E-state index is 14.3. The summed E-state index contributed by atoms with van der Waals surface area (Å²) in [6.07, 6.45) is 1.84. The summed E-state index contributed by atoms with van der Waals surface area (Å²) in [6.45, 7) is 6.66. The maximum atomic E-state index is 14.3. The summed E-state index contributed by atoms with van der Waals surface area (Å²) < 4.78 is 15.3. The van der Waals surface area contributed by atoms with Crippen molar-refractivity contribution in [3.8, 4) is 5.75 Å². The van der Waals surface area contributed by atoms with Gasteiger partial charge in [-0.2, -0.15) is 0 Å². The van der Waals surface area contributed by atoms with Crippen LogP contribution in [-0.2, 0) is 16.1 Å². The van der Waals surface area contributed by atoms with Crippen LogP contribution in [0.3, 0.4) is 0 Å². The van der Waals surface area contributed by atoms with Crippen molar-refractivity contribution >= 4 is 60.9 Å². The molecule has 1 aliphatic rings. The molecule has 9 heteroatoms. The molecule has 0 N–H and O–H groups in total. The largest absolute Gasteiger partial charge is 0.487 e. The summed E-state index contributed by atoms with van der Waals surface area (Å²) in [5, 5.41) is 0. The van der Waals surface area contributed by atoms with E-state index in [1.54, 1.807) is 11.5 Å². The number of nitrogens with zero attached hydrogens (tertiary/aromatic N) is 2. The number of carbonyl (C=O) groups is 1. The van der Waals surface area contributed by atoms with Crippen molar-refractivity contribution in [2.24, 2.45) is 4.99 Å². The van der Waals surface area contributed by atoms with Crippen LogP contribution in [0.15, 0.2) is 121 Å². The first-order valence-corrected chi connectivity index (χ1v) is 17.7. The number of benzene rings is 4. The van der Waals surface area contributed by atoms with E-state index < -0.39 is 12.0 Å². The van der Waals surface area contributed by atoms with E-state index in [1.807, 2.05) is 91.0 Å². The number of aromatic nitrogens is 1. The molecule has 6 nitrogen and oxygen atoms in total. The molecule has 0 saturated heterocycles. The van der Waals surface area contributed by atoms with Gasteiger partial charge in [0.05, 0.1) is 37.4 Å². The van der Waals surface area contributed by atoms with Gasteiger partial charge in [-0.15, -0.1) is 0 Å². The molecule has 0 radical (unpaired) electrons. The molecule has 1 atom stereocenters. The van der Waals surface area contributed by atoms with Crippen molar-refractivity contribution < 1.29 is 14.3 Å². The monoisotopic (exact) mass is 770 g/mol. The summed E-state index contributed by atoms with van der Waals surface area (Å²) in [6, 6.07) is 30.7. The zero-order valence-electron chi connectivity index (χ0n) is 26.1. The fourth-order valence-corrected chi connectivity index (χ4v) is 7.95. The molecular formula is C38H32Br2N2O4S. The van der Waals surface area contributed by atoms with Gasteiger partial charge in [-0.3, -0.25) is 9.36 Å². The normalized spacial score (nSPS) is 14.6. The number of fused-ring (bicyclic) bond motifs is 1. The van der Waals surface area contributed by atoms with Crippen LogP contribution in [0.1, 0.15) is 60.5 Å². The van der Waals surface area contributed by atoms with Crippen LogP contribution in [0.25, 0.3) is 11.8 Å². The van der Waals surface area contributed by atoms with Gasteiger partial charge in [0.2, 0.25) is 0 Å². The molecule has 4 aromatic carbocycles. The number of rotatable bonds is 9. The Morgan fingerprint density at radius 3 is 2.21 bits per heavy atom. The number of halogens is 2. The van der Waals surface area contributed by atoms with Gasteiger partial charge in [-0.1, -0.05) is 110 Å². The Balaban J connectivity index is 1.49. The number of ether oxygens (including phenoxy) is 2. The second-order valence-corrected chi connectivity index (χ2v) is 14.1. The first kappa shape index (κ1) is 32.9. The van der Waals surface area contributed by atoms with Crippen molar-refractivity contribution in [3.63, 3.8) is 0 Å². The second kappa shape index (κ2) is 14.4. The van der Waals surface area contributed by atoms with Gasteiger partial charge < -0.3 is 9.47 Å². The minimum atomic E-state index is -0.726. The Morgan fingerprint density at radius 1 is 0.957 bits per heavy atom. The quantitative estimate of drug-likeness (QED) is 0.142. The third-order valence-electron chi connectivity index (χ3n) is 7.84. The third kappa shape index (κ3) is 6.98. The average Bonchev–Trinajstić information content (AvgIpc) is 3.38. The molecule has 1 aromatic heterocycles. The highest BCUT2D eigenvalue weighted by Crippen LogP contribution is 2.37. The van der Waals surface area contributed by atoms with Crippen molar-refractivity contribution in [3.05, 3.63) is 159 Å². The van der Waals surface area contributed by atoms with Crippen LogP contribution < -0.4 is 19.6 Å². The predicted molar refractivity (Wildman–Crippen MR) is 194 cm³/mol. The van der Waals surface area contributed by atoms with Crippen LogP contribution in [-0.4, -0.2) is 17.1 Å². The van der Waals surface area contributed by atoms with Crippen LogP contribution in [0.5, 0.6) is 5.75 Å². The first-order valence-electron chi connectivity index (χ1n) is 15.3. The fourth-order valence-electron chi connectivity index (χ4n) is 5.50. The lowest BCUT2D eigenvalue weighted by Crippen LogP contribution is -2.40. The zero-order chi connectivity index (χ0) is 33.1. The molecule has 1 aliphatic heterocycles. The Bertz CT molecular complexity index is 2120. The predicted octanol–water partition coefficient (Wildman–Crippen LogP) is 8.16. The Kier molecular flexibility index (Phi) is 10.1.